The molecule has 4 heteroatoms. The number of amides is 2. The number of nitrogens with one attached hydrogen (secondary N) is 2. The Bertz CT molecular complexity index is 520. The van der Waals surface area contributed by atoms with Crippen LogP contribution >= 0.6 is 0 Å². The first-order valence-corrected chi connectivity index (χ1v) is 7.68. The molecule has 2 rings (SSSR count). The largest absolute Gasteiger partial charge is 0.354 e. The molecular formula is C17H24N2O2. The second-order valence-electron chi connectivity index (χ2n) is 5.94. The van der Waals surface area contributed by atoms with Crippen LogP contribution in [0.3, 0.4) is 0 Å². The van der Waals surface area contributed by atoms with Gasteiger partial charge in [-0.2, -0.15) is 0 Å². The van der Waals surface area contributed by atoms with E-state index in [-0.39, 0.29) is 18.4 Å². The molecule has 1 aliphatic carbocycles. The topological polar surface area (TPSA) is 58.2 Å². The maximum atomic E-state index is 12.0. The van der Waals surface area contributed by atoms with E-state index in [0.717, 1.165) is 17.7 Å². The molecule has 1 fully saturated rings. The van der Waals surface area contributed by atoms with Crippen LogP contribution in [0.15, 0.2) is 18.2 Å². The Kier molecular flexibility index (Phi) is 5.37. The minimum atomic E-state index is -0.200. The number of rotatable bonds is 5. The molecule has 0 radical (unpaired) electrons. The number of carbonyl (C=O) groups is 2. The van der Waals surface area contributed by atoms with Gasteiger partial charge in [-0.15, -0.1) is 0 Å². The van der Waals surface area contributed by atoms with E-state index >= 15 is 0 Å². The van der Waals surface area contributed by atoms with Crippen molar-refractivity contribution >= 4 is 11.8 Å². The lowest BCUT2D eigenvalue weighted by atomic mass is 10.1. The van der Waals surface area contributed by atoms with Gasteiger partial charge in [0, 0.05) is 12.1 Å². The van der Waals surface area contributed by atoms with Crippen molar-refractivity contribution < 1.29 is 9.59 Å². The van der Waals surface area contributed by atoms with Crippen molar-refractivity contribution in [2.45, 2.75) is 39.5 Å². The number of carbonyl (C=O) groups excluding carboxylic acids is 2. The molecule has 0 spiro atoms. The van der Waals surface area contributed by atoms with Gasteiger partial charge in [-0.3, -0.25) is 9.59 Å². The van der Waals surface area contributed by atoms with Gasteiger partial charge in [0.1, 0.15) is 0 Å². The Morgan fingerprint density at radius 3 is 2.48 bits per heavy atom. The summed E-state index contributed by atoms with van der Waals surface area (Å²) in [7, 11) is 0. The van der Waals surface area contributed by atoms with Crippen LogP contribution in [0.5, 0.6) is 0 Å². The predicted molar refractivity (Wildman–Crippen MR) is 83.2 cm³/mol. The fourth-order valence-corrected chi connectivity index (χ4v) is 2.68. The van der Waals surface area contributed by atoms with E-state index in [9.17, 15) is 9.59 Å². The van der Waals surface area contributed by atoms with Crippen LogP contribution in [0, 0.1) is 19.8 Å². The molecule has 0 aliphatic heterocycles. The van der Waals surface area contributed by atoms with Gasteiger partial charge in [0.2, 0.25) is 5.91 Å². The first-order valence-electron chi connectivity index (χ1n) is 7.68. The smallest absolute Gasteiger partial charge is 0.251 e. The summed E-state index contributed by atoms with van der Waals surface area (Å²) in [6.45, 7) is 4.75. The van der Waals surface area contributed by atoms with Crippen LogP contribution in [0.2, 0.25) is 0 Å². The Labute approximate surface area is 126 Å². The van der Waals surface area contributed by atoms with Crippen molar-refractivity contribution in [1.29, 1.82) is 0 Å². The molecule has 0 unspecified atom stereocenters. The third-order valence-electron chi connectivity index (χ3n) is 4.24. The third kappa shape index (κ3) is 4.59. The van der Waals surface area contributed by atoms with Gasteiger partial charge in [-0.1, -0.05) is 18.9 Å². The second-order valence-corrected chi connectivity index (χ2v) is 5.94. The Hall–Kier alpha value is -1.84. The van der Waals surface area contributed by atoms with Crippen molar-refractivity contribution in [3.8, 4) is 0 Å². The van der Waals surface area contributed by atoms with Crippen LogP contribution in [0.25, 0.3) is 0 Å². The van der Waals surface area contributed by atoms with Crippen molar-refractivity contribution in [1.82, 2.24) is 10.6 Å². The molecule has 1 aliphatic rings. The number of benzene rings is 1. The molecule has 114 valence electrons. The second kappa shape index (κ2) is 7.25. The van der Waals surface area contributed by atoms with E-state index < -0.39 is 0 Å². The zero-order valence-electron chi connectivity index (χ0n) is 12.9. The zero-order chi connectivity index (χ0) is 15.2. The van der Waals surface area contributed by atoms with Gasteiger partial charge >= 0.3 is 0 Å². The number of aryl methyl sites for hydroxylation is 2. The first kappa shape index (κ1) is 15.5. The summed E-state index contributed by atoms with van der Waals surface area (Å²) in [5, 5.41) is 5.57. The Morgan fingerprint density at radius 1 is 1.10 bits per heavy atom. The highest BCUT2D eigenvalue weighted by Crippen LogP contribution is 2.23. The SMILES string of the molecule is Cc1ccc(C(=O)NCC(=O)NCC2CCCC2)cc1C. The maximum absolute atomic E-state index is 12.0. The van der Waals surface area contributed by atoms with Crippen LogP contribution in [-0.2, 0) is 4.79 Å². The number of hydrogen-bond donors (Lipinski definition) is 2. The highest BCUT2D eigenvalue weighted by molar-refractivity contribution is 5.96. The van der Waals surface area contributed by atoms with Gasteiger partial charge < -0.3 is 10.6 Å². The van der Waals surface area contributed by atoms with E-state index in [1.807, 2.05) is 26.0 Å². The maximum Gasteiger partial charge on any atom is 0.251 e. The lowest BCUT2D eigenvalue weighted by Gasteiger charge is -2.11. The standard InChI is InChI=1S/C17H24N2O2/c1-12-7-8-15(9-13(12)2)17(21)19-11-16(20)18-10-14-5-3-4-6-14/h7-9,14H,3-6,10-11H2,1-2H3,(H,18,20)(H,19,21). The van der Waals surface area contributed by atoms with Crippen LogP contribution in [0.1, 0.15) is 47.2 Å². The van der Waals surface area contributed by atoms with Crippen molar-refractivity contribution in [3.63, 3.8) is 0 Å². The van der Waals surface area contributed by atoms with E-state index in [1.165, 1.54) is 25.7 Å². The molecule has 1 saturated carbocycles. The van der Waals surface area contributed by atoms with Crippen LogP contribution in [0.4, 0.5) is 0 Å². The van der Waals surface area contributed by atoms with Crippen molar-refractivity contribution in [3.05, 3.63) is 34.9 Å². The van der Waals surface area contributed by atoms with Crippen LogP contribution < -0.4 is 10.6 Å². The summed E-state index contributed by atoms with van der Waals surface area (Å²) in [6, 6.07) is 5.56. The molecule has 0 heterocycles. The van der Waals surface area contributed by atoms with E-state index in [1.54, 1.807) is 6.07 Å². The van der Waals surface area contributed by atoms with Gasteiger partial charge in [-0.05, 0) is 55.9 Å². The summed E-state index contributed by atoms with van der Waals surface area (Å²) in [4.78, 5) is 23.7. The van der Waals surface area contributed by atoms with Gasteiger partial charge in [-0.25, -0.2) is 0 Å². The number of hydrogen-bond acceptors (Lipinski definition) is 2. The quantitative estimate of drug-likeness (QED) is 0.873. The highest BCUT2D eigenvalue weighted by atomic mass is 16.2. The molecule has 4 nitrogen and oxygen atoms in total. The normalized spacial score (nSPS) is 15.0. The average Bonchev–Trinajstić information content (AvgIpc) is 2.98. The lowest BCUT2D eigenvalue weighted by molar-refractivity contribution is -0.120. The summed E-state index contributed by atoms with van der Waals surface area (Å²) in [5.41, 5.74) is 2.83. The third-order valence-corrected chi connectivity index (χ3v) is 4.24. The average molecular weight is 288 g/mol. The summed E-state index contributed by atoms with van der Waals surface area (Å²) in [5.74, 6) is 0.303. The van der Waals surface area contributed by atoms with E-state index in [2.05, 4.69) is 10.6 Å². The molecule has 1 aromatic rings. The molecule has 2 amide bonds. The molecule has 0 bridgehead atoms. The molecule has 0 saturated heterocycles. The Morgan fingerprint density at radius 2 is 1.81 bits per heavy atom. The lowest BCUT2D eigenvalue weighted by Crippen LogP contribution is -2.38. The minimum Gasteiger partial charge on any atom is -0.354 e. The summed E-state index contributed by atoms with van der Waals surface area (Å²) in [6.07, 6.45) is 4.94. The molecule has 21 heavy (non-hydrogen) atoms. The first-order chi connectivity index (χ1) is 10.1. The van der Waals surface area contributed by atoms with Gasteiger partial charge in [0.05, 0.1) is 6.54 Å². The summed E-state index contributed by atoms with van der Waals surface area (Å²) < 4.78 is 0. The Balaban J connectivity index is 1.74. The highest BCUT2D eigenvalue weighted by Gasteiger charge is 2.16. The summed E-state index contributed by atoms with van der Waals surface area (Å²) >= 11 is 0. The predicted octanol–water partition coefficient (Wildman–Crippen LogP) is 2.34. The molecular weight excluding hydrogens is 264 g/mol. The van der Waals surface area contributed by atoms with Gasteiger partial charge in [0.15, 0.2) is 0 Å². The molecule has 0 aromatic heterocycles. The van der Waals surface area contributed by atoms with Gasteiger partial charge in [0.25, 0.3) is 5.91 Å². The fourth-order valence-electron chi connectivity index (χ4n) is 2.68. The molecule has 0 atom stereocenters. The molecule has 2 N–H and O–H groups in total. The van der Waals surface area contributed by atoms with Crippen molar-refractivity contribution in [2.75, 3.05) is 13.1 Å². The van der Waals surface area contributed by atoms with E-state index in [4.69, 9.17) is 0 Å². The minimum absolute atomic E-state index is 0.0402. The van der Waals surface area contributed by atoms with Crippen molar-refractivity contribution in [2.24, 2.45) is 5.92 Å². The molecule has 1 aromatic carbocycles. The monoisotopic (exact) mass is 288 g/mol. The van der Waals surface area contributed by atoms with Crippen LogP contribution in [-0.4, -0.2) is 24.9 Å². The zero-order valence-corrected chi connectivity index (χ0v) is 12.9. The fraction of sp³-hybridized carbons (Fsp3) is 0.529. The van der Waals surface area contributed by atoms with E-state index in [0.29, 0.717) is 11.5 Å².